The molecule has 2 atom stereocenters. The van der Waals surface area contributed by atoms with Crippen LogP contribution in [0.3, 0.4) is 0 Å². The molecule has 1 unspecified atom stereocenters. The van der Waals surface area contributed by atoms with Crippen LogP contribution in [0.5, 0.6) is 11.5 Å². The molecule has 0 aliphatic heterocycles. The molecule has 0 amide bonds. The second-order valence-corrected chi connectivity index (χ2v) is 6.92. The Morgan fingerprint density at radius 1 is 1.23 bits per heavy atom. The number of fused-ring (bicyclic) bond motifs is 1. The van der Waals surface area contributed by atoms with Gasteiger partial charge in [0.05, 0.1) is 19.3 Å². The number of nitrogens with zero attached hydrogens (tertiary/aromatic N) is 3. The summed E-state index contributed by atoms with van der Waals surface area (Å²) in [5.41, 5.74) is -0.350. The summed E-state index contributed by atoms with van der Waals surface area (Å²) in [6, 6.07) is 4.08. The minimum atomic E-state index is -0.945. The highest BCUT2D eigenvalue weighted by Gasteiger charge is 2.17. The number of pyridine rings is 1. The first-order valence-corrected chi connectivity index (χ1v) is 9.25. The lowest BCUT2D eigenvalue weighted by molar-refractivity contribution is 0.173. The van der Waals surface area contributed by atoms with Crippen molar-refractivity contribution in [3.05, 3.63) is 52.5 Å². The van der Waals surface area contributed by atoms with Gasteiger partial charge in [-0.05, 0) is 32.0 Å². The number of hydrogen-bond acceptors (Lipinski definition) is 7. The van der Waals surface area contributed by atoms with E-state index in [0.717, 1.165) is 12.1 Å². The second-order valence-electron chi connectivity index (χ2n) is 6.92. The molecular formula is C20H22F2N4O4. The van der Waals surface area contributed by atoms with Crippen LogP contribution in [0.15, 0.2) is 35.3 Å². The van der Waals surface area contributed by atoms with Gasteiger partial charge in [-0.25, -0.2) is 13.8 Å². The first-order chi connectivity index (χ1) is 14.3. The third kappa shape index (κ3) is 4.89. The molecule has 0 aliphatic carbocycles. The molecule has 10 heteroatoms. The third-order valence-corrected chi connectivity index (χ3v) is 4.15. The molecule has 30 heavy (non-hydrogen) atoms. The van der Waals surface area contributed by atoms with Crippen molar-refractivity contribution >= 4 is 17.0 Å². The van der Waals surface area contributed by atoms with E-state index in [2.05, 4.69) is 15.3 Å². The highest BCUT2D eigenvalue weighted by atomic mass is 19.1. The topological polar surface area (TPSA) is 98.5 Å². The average molecular weight is 420 g/mol. The maximum absolute atomic E-state index is 14.0. The van der Waals surface area contributed by atoms with E-state index in [1.165, 1.54) is 23.8 Å². The summed E-state index contributed by atoms with van der Waals surface area (Å²) in [5, 5.41) is 13.4. The van der Waals surface area contributed by atoms with Gasteiger partial charge in [0.1, 0.15) is 11.5 Å². The van der Waals surface area contributed by atoms with Crippen molar-refractivity contribution in [1.29, 1.82) is 0 Å². The van der Waals surface area contributed by atoms with Crippen LogP contribution >= 0.6 is 0 Å². The average Bonchev–Trinajstić information content (AvgIpc) is 2.67. The van der Waals surface area contributed by atoms with E-state index in [-0.39, 0.29) is 35.7 Å². The fourth-order valence-electron chi connectivity index (χ4n) is 2.90. The monoisotopic (exact) mass is 420 g/mol. The summed E-state index contributed by atoms with van der Waals surface area (Å²) >= 11 is 0. The summed E-state index contributed by atoms with van der Waals surface area (Å²) in [6.07, 6.45) is 0.623. The zero-order valence-corrected chi connectivity index (χ0v) is 16.7. The van der Waals surface area contributed by atoms with Crippen molar-refractivity contribution in [2.24, 2.45) is 0 Å². The maximum atomic E-state index is 14.0. The summed E-state index contributed by atoms with van der Waals surface area (Å²) in [4.78, 5) is 21.6. The second kappa shape index (κ2) is 9.14. The van der Waals surface area contributed by atoms with E-state index < -0.39 is 23.3 Å². The Balaban J connectivity index is 2.07. The molecule has 2 N–H and O–H groups in total. The molecule has 3 aromatic rings. The van der Waals surface area contributed by atoms with E-state index >= 15 is 0 Å². The number of methoxy groups -OCH3 is 1. The quantitative estimate of drug-likeness (QED) is 0.578. The van der Waals surface area contributed by atoms with Gasteiger partial charge in [0.25, 0.3) is 5.56 Å². The standard InChI is InChI=1S/C20H22F2N4O4/c1-11(10-29-3)24-20-23-8-13-6-17(30-16-5-4-14(21)7-15(16)22)19(28)26(9-12(2)27)18(13)25-20/h4-8,11-12,27H,9-10H2,1-3H3,(H,23,24,25)/t11-,12?/m0/s1. The van der Waals surface area contributed by atoms with Crippen molar-refractivity contribution in [1.82, 2.24) is 14.5 Å². The zero-order valence-electron chi connectivity index (χ0n) is 16.7. The molecule has 0 radical (unpaired) electrons. The van der Waals surface area contributed by atoms with Gasteiger partial charge in [-0.3, -0.25) is 9.36 Å². The number of halogens is 2. The van der Waals surface area contributed by atoms with Gasteiger partial charge in [0, 0.05) is 30.8 Å². The lowest BCUT2D eigenvalue weighted by Crippen LogP contribution is -2.28. The maximum Gasteiger partial charge on any atom is 0.295 e. The number of nitrogens with one attached hydrogen (secondary N) is 1. The highest BCUT2D eigenvalue weighted by Crippen LogP contribution is 2.25. The van der Waals surface area contributed by atoms with Gasteiger partial charge in [-0.1, -0.05) is 0 Å². The Morgan fingerprint density at radius 3 is 2.67 bits per heavy atom. The fraction of sp³-hybridized carbons (Fsp3) is 0.350. The van der Waals surface area contributed by atoms with Crippen molar-refractivity contribution in [2.45, 2.75) is 32.5 Å². The first kappa shape index (κ1) is 21.6. The number of anilines is 1. The molecule has 0 saturated heterocycles. The van der Waals surface area contributed by atoms with Crippen molar-refractivity contribution in [3.63, 3.8) is 0 Å². The van der Waals surface area contributed by atoms with Crippen LogP contribution < -0.4 is 15.6 Å². The molecule has 2 heterocycles. The van der Waals surface area contributed by atoms with E-state index in [9.17, 15) is 18.7 Å². The highest BCUT2D eigenvalue weighted by molar-refractivity contribution is 5.77. The number of aromatic nitrogens is 3. The number of aliphatic hydroxyl groups excluding tert-OH is 1. The molecule has 1 aromatic carbocycles. The van der Waals surface area contributed by atoms with Crippen LogP contribution in [0.4, 0.5) is 14.7 Å². The van der Waals surface area contributed by atoms with Gasteiger partial charge in [0.15, 0.2) is 17.3 Å². The van der Waals surface area contributed by atoms with Crippen molar-refractivity contribution < 1.29 is 23.4 Å². The van der Waals surface area contributed by atoms with Gasteiger partial charge < -0.3 is 19.9 Å². The number of aliphatic hydroxyl groups is 1. The van der Waals surface area contributed by atoms with Gasteiger partial charge in [-0.2, -0.15) is 4.98 Å². The van der Waals surface area contributed by atoms with E-state index in [1.54, 1.807) is 7.11 Å². The minimum Gasteiger partial charge on any atom is -0.448 e. The lowest BCUT2D eigenvalue weighted by atomic mass is 10.2. The van der Waals surface area contributed by atoms with Crippen molar-refractivity contribution in [2.75, 3.05) is 19.0 Å². The molecule has 0 aliphatic rings. The normalized spacial score (nSPS) is 13.3. The van der Waals surface area contributed by atoms with Crippen LogP contribution in [-0.4, -0.2) is 45.5 Å². The predicted octanol–water partition coefficient (Wildman–Crippen LogP) is 2.69. The van der Waals surface area contributed by atoms with Crippen LogP contribution in [0.2, 0.25) is 0 Å². The van der Waals surface area contributed by atoms with Gasteiger partial charge >= 0.3 is 0 Å². The predicted molar refractivity (Wildman–Crippen MR) is 107 cm³/mol. The Kier molecular flexibility index (Phi) is 6.58. The molecular weight excluding hydrogens is 398 g/mol. The number of hydrogen-bond donors (Lipinski definition) is 2. The van der Waals surface area contributed by atoms with Crippen LogP contribution in [0.25, 0.3) is 11.0 Å². The summed E-state index contributed by atoms with van der Waals surface area (Å²) in [5.74, 6) is -1.93. The Hall–Kier alpha value is -3.11. The van der Waals surface area contributed by atoms with Crippen LogP contribution in [0.1, 0.15) is 13.8 Å². The van der Waals surface area contributed by atoms with Gasteiger partial charge in [-0.15, -0.1) is 0 Å². The van der Waals surface area contributed by atoms with Gasteiger partial charge in [0.2, 0.25) is 5.95 Å². The molecule has 160 valence electrons. The number of ether oxygens (including phenoxy) is 2. The summed E-state index contributed by atoms with van der Waals surface area (Å²) in [6.45, 7) is 3.76. The smallest absolute Gasteiger partial charge is 0.295 e. The minimum absolute atomic E-state index is 0.0670. The van der Waals surface area contributed by atoms with Crippen LogP contribution in [-0.2, 0) is 11.3 Å². The number of benzene rings is 1. The third-order valence-electron chi connectivity index (χ3n) is 4.15. The number of rotatable bonds is 8. The van der Waals surface area contributed by atoms with E-state index in [1.807, 2.05) is 6.92 Å². The first-order valence-electron chi connectivity index (χ1n) is 9.25. The molecule has 0 bridgehead atoms. The molecule has 2 aromatic heterocycles. The SMILES string of the molecule is COC[C@H](C)Nc1ncc2cc(Oc3ccc(F)cc3F)c(=O)n(CC(C)O)c2n1. The lowest BCUT2D eigenvalue weighted by Gasteiger charge is -2.16. The molecule has 0 saturated carbocycles. The van der Waals surface area contributed by atoms with Crippen LogP contribution in [0, 0.1) is 11.6 Å². The molecule has 0 spiro atoms. The fourth-order valence-corrected chi connectivity index (χ4v) is 2.90. The summed E-state index contributed by atoms with van der Waals surface area (Å²) < 4.78 is 38.8. The van der Waals surface area contributed by atoms with Crippen molar-refractivity contribution in [3.8, 4) is 11.5 Å². The molecule has 8 nitrogen and oxygen atoms in total. The van der Waals surface area contributed by atoms with E-state index in [0.29, 0.717) is 18.1 Å². The zero-order chi connectivity index (χ0) is 21.8. The summed E-state index contributed by atoms with van der Waals surface area (Å²) in [7, 11) is 1.57. The Bertz CT molecular complexity index is 1100. The molecule has 3 rings (SSSR count). The van der Waals surface area contributed by atoms with E-state index in [4.69, 9.17) is 9.47 Å². The molecule has 0 fully saturated rings. The Labute approximate surface area is 171 Å². The largest absolute Gasteiger partial charge is 0.448 e. The Morgan fingerprint density at radius 2 is 2.00 bits per heavy atom.